The number of carbonyl (C=O) groups is 1. The predicted molar refractivity (Wildman–Crippen MR) is 95.2 cm³/mol. The smallest absolute Gasteiger partial charge is 0.274 e. The van der Waals surface area contributed by atoms with Crippen LogP contribution in [-0.4, -0.2) is 52.0 Å². The number of likely N-dealkylation sites (tertiary alicyclic amines) is 1. The van der Waals surface area contributed by atoms with Gasteiger partial charge in [-0.15, -0.1) is 0 Å². The summed E-state index contributed by atoms with van der Waals surface area (Å²) in [5.41, 5.74) is 2.27. The number of methoxy groups -OCH3 is 1. The van der Waals surface area contributed by atoms with Gasteiger partial charge in [-0.05, 0) is 62.9 Å². The molecule has 0 saturated carbocycles. The molecule has 0 radical (unpaired) electrons. The van der Waals surface area contributed by atoms with Crippen LogP contribution in [0.4, 0.5) is 0 Å². The number of rotatable bonds is 4. The van der Waals surface area contributed by atoms with Crippen LogP contribution >= 0.6 is 0 Å². The molecule has 0 aliphatic carbocycles. The molecule has 6 heteroatoms. The molecule has 1 atom stereocenters. The third-order valence-electron chi connectivity index (χ3n) is 4.93. The van der Waals surface area contributed by atoms with E-state index in [1.165, 1.54) is 0 Å². The van der Waals surface area contributed by atoms with Gasteiger partial charge < -0.3 is 14.7 Å². The molecule has 0 spiro atoms. The summed E-state index contributed by atoms with van der Waals surface area (Å²) in [5, 5.41) is 14.2. The Labute approximate surface area is 148 Å². The van der Waals surface area contributed by atoms with Crippen molar-refractivity contribution in [3.63, 3.8) is 0 Å². The maximum absolute atomic E-state index is 12.7. The highest BCUT2D eigenvalue weighted by Crippen LogP contribution is 2.22. The molecule has 2 heterocycles. The number of ether oxygens (including phenoxy) is 1. The molecular formula is C19H25N3O3. The molecule has 1 aromatic carbocycles. The Balaban J connectivity index is 1.74. The molecule has 1 aromatic heterocycles. The second-order valence-electron chi connectivity index (χ2n) is 6.65. The van der Waals surface area contributed by atoms with Crippen LogP contribution in [0.1, 0.15) is 35.9 Å². The molecule has 1 aliphatic rings. The van der Waals surface area contributed by atoms with Crippen molar-refractivity contribution in [2.75, 3.05) is 20.2 Å². The van der Waals surface area contributed by atoms with Crippen molar-refractivity contribution in [2.24, 2.45) is 5.92 Å². The van der Waals surface area contributed by atoms with Gasteiger partial charge in [0.25, 0.3) is 5.91 Å². The van der Waals surface area contributed by atoms with E-state index in [-0.39, 0.29) is 17.9 Å². The van der Waals surface area contributed by atoms with Crippen LogP contribution in [0.5, 0.6) is 5.75 Å². The number of carbonyl (C=O) groups excluding carboxylic acids is 1. The fourth-order valence-electron chi connectivity index (χ4n) is 3.31. The summed E-state index contributed by atoms with van der Waals surface area (Å²) in [5.74, 6) is 1.02. The van der Waals surface area contributed by atoms with E-state index in [4.69, 9.17) is 4.74 Å². The molecule has 3 rings (SSSR count). The summed E-state index contributed by atoms with van der Waals surface area (Å²) in [7, 11) is 1.63. The summed E-state index contributed by atoms with van der Waals surface area (Å²) >= 11 is 0. The minimum absolute atomic E-state index is 0.0422. The number of aliphatic hydroxyl groups excluding tert-OH is 1. The van der Waals surface area contributed by atoms with E-state index < -0.39 is 0 Å². The number of piperidine rings is 1. The van der Waals surface area contributed by atoms with Gasteiger partial charge >= 0.3 is 0 Å². The van der Waals surface area contributed by atoms with Crippen LogP contribution in [0.3, 0.4) is 0 Å². The third kappa shape index (κ3) is 3.69. The van der Waals surface area contributed by atoms with Gasteiger partial charge in [-0.1, -0.05) is 0 Å². The van der Waals surface area contributed by atoms with Crippen LogP contribution in [0.2, 0.25) is 0 Å². The van der Waals surface area contributed by atoms with Gasteiger partial charge in [0.2, 0.25) is 0 Å². The lowest BCUT2D eigenvalue weighted by Gasteiger charge is -2.32. The van der Waals surface area contributed by atoms with Crippen molar-refractivity contribution >= 4 is 5.91 Å². The summed E-state index contributed by atoms with van der Waals surface area (Å²) < 4.78 is 6.95. The summed E-state index contributed by atoms with van der Waals surface area (Å²) in [6, 6.07) is 9.41. The molecule has 6 nitrogen and oxygen atoms in total. The van der Waals surface area contributed by atoms with Gasteiger partial charge in [0.1, 0.15) is 5.75 Å². The van der Waals surface area contributed by atoms with Gasteiger partial charge in [0, 0.05) is 18.8 Å². The molecular weight excluding hydrogens is 318 g/mol. The molecule has 1 unspecified atom stereocenters. The van der Waals surface area contributed by atoms with E-state index in [1.54, 1.807) is 11.8 Å². The standard InChI is InChI=1S/C19H25N3O3/c1-13-12-18(19(24)21-10-8-15(9-11-21)14(2)23)20-22(13)16-4-6-17(25-3)7-5-16/h4-7,12,14-15,23H,8-11H2,1-3H3. The highest BCUT2D eigenvalue weighted by atomic mass is 16.5. The minimum atomic E-state index is -0.311. The monoisotopic (exact) mass is 343 g/mol. The molecule has 0 bridgehead atoms. The Hall–Kier alpha value is -2.34. The highest BCUT2D eigenvalue weighted by molar-refractivity contribution is 5.92. The van der Waals surface area contributed by atoms with Crippen LogP contribution in [-0.2, 0) is 0 Å². The number of aliphatic hydroxyl groups is 1. The Morgan fingerprint density at radius 1 is 1.28 bits per heavy atom. The number of nitrogens with zero attached hydrogens (tertiary/aromatic N) is 3. The average Bonchev–Trinajstić information content (AvgIpc) is 3.03. The summed E-state index contributed by atoms with van der Waals surface area (Å²) in [6.45, 7) is 5.10. The third-order valence-corrected chi connectivity index (χ3v) is 4.93. The number of amides is 1. The Kier molecular flexibility index (Phi) is 5.08. The first kappa shape index (κ1) is 17.5. The number of aromatic nitrogens is 2. The average molecular weight is 343 g/mol. The zero-order chi connectivity index (χ0) is 18.0. The topological polar surface area (TPSA) is 67.6 Å². The second kappa shape index (κ2) is 7.27. The molecule has 134 valence electrons. The predicted octanol–water partition coefficient (Wildman–Crippen LogP) is 2.42. The molecule has 2 aromatic rings. The van der Waals surface area contributed by atoms with E-state index in [0.717, 1.165) is 30.0 Å². The van der Waals surface area contributed by atoms with Crippen LogP contribution < -0.4 is 4.74 Å². The van der Waals surface area contributed by atoms with Crippen LogP contribution in [0.25, 0.3) is 5.69 Å². The fraction of sp³-hybridized carbons (Fsp3) is 0.474. The SMILES string of the molecule is COc1ccc(-n2nc(C(=O)N3CCC(C(C)O)CC3)cc2C)cc1. The fourth-order valence-corrected chi connectivity index (χ4v) is 3.31. The lowest BCUT2D eigenvalue weighted by atomic mass is 9.92. The largest absolute Gasteiger partial charge is 0.497 e. The molecule has 1 fully saturated rings. The first-order valence-electron chi connectivity index (χ1n) is 8.68. The van der Waals surface area contributed by atoms with Crippen molar-refractivity contribution < 1.29 is 14.6 Å². The number of benzene rings is 1. The van der Waals surface area contributed by atoms with Crippen molar-refractivity contribution in [3.05, 3.63) is 41.7 Å². The van der Waals surface area contributed by atoms with Gasteiger partial charge in [0.15, 0.2) is 5.69 Å². The molecule has 1 saturated heterocycles. The van der Waals surface area contributed by atoms with Gasteiger partial charge in [0.05, 0.1) is 18.9 Å². The lowest BCUT2D eigenvalue weighted by Crippen LogP contribution is -2.40. The minimum Gasteiger partial charge on any atom is -0.497 e. The lowest BCUT2D eigenvalue weighted by molar-refractivity contribution is 0.0516. The van der Waals surface area contributed by atoms with Crippen molar-refractivity contribution in [2.45, 2.75) is 32.8 Å². The van der Waals surface area contributed by atoms with Gasteiger partial charge in [-0.25, -0.2) is 4.68 Å². The summed E-state index contributed by atoms with van der Waals surface area (Å²) in [6.07, 6.45) is 1.36. The first-order valence-corrected chi connectivity index (χ1v) is 8.68. The Bertz CT molecular complexity index is 729. The molecule has 1 amide bonds. The van der Waals surface area contributed by atoms with Crippen LogP contribution in [0, 0.1) is 12.8 Å². The van der Waals surface area contributed by atoms with Gasteiger partial charge in [-0.2, -0.15) is 5.10 Å². The van der Waals surface area contributed by atoms with E-state index in [2.05, 4.69) is 5.10 Å². The van der Waals surface area contributed by atoms with E-state index in [1.807, 2.05) is 49.1 Å². The highest BCUT2D eigenvalue weighted by Gasteiger charge is 2.27. The number of aryl methyl sites for hydroxylation is 1. The van der Waals surface area contributed by atoms with Crippen molar-refractivity contribution in [1.29, 1.82) is 0 Å². The van der Waals surface area contributed by atoms with E-state index in [9.17, 15) is 9.90 Å². The summed E-state index contributed by atoms with van der Waals surface area (Å²) in [4.78, 5) is 14.6. The Morgan fingerprint density at radius 3 is 2.48 bits per heavy atom. The van der Waals surface area contributed by atoms with Crippen molar-refractivity contribution in [1.82, 2.24) is 14.7 Å². The Morgan fingerprint density at radius 2 is 1.92 bits per heavy atom. The number of hydrogen-bond donors (Lipinski definition) is 1. The zero-order valence-electron chi connectivity index (χ0n) is 15.0. The quantitative estimate of drug-likeness (QED) is 0.926. The molecule has 1 aliphatic heterocycles. The maximum Gasteiger partial charge on any atom is 0.274 e. The van der Waals surface area contributed by atoms with E-state index in [0.29, 0.717) is 18.8 Å². The second-order valence-corrected chi connectivity index (χ2v) is 6.65. The van der Waals surface area contributed by atoms with E-state index >= 15 is 0 Å². The molecule has 25 heavy (non-hydrogen) atoms. The zero-order valence-corrected chi connectivity index (χ0v) is 15.0. The van der Waals surface area contributed by atoms with Crippen LogP contribution in [0.15, 0.2) is 30.3 Å². The van der Waals surface area contributed by atoms with Gasteiger partial charge in [-0.3, -0.25) is 4.79 Å². The number of hydrogen-bond acceptors (Lipinski definition) is 4. The van der Waals surface area contributed by atoms with Crippen molar-refractivity contribution in [3.8, 4) is 11.4 Å². The first-order chi connectivity index (χ1) is 12.0. The maximum atomic E-state index is 12.7. The normalized spacial score (nSPS) is 16.7. The molecule has 1 N–H and O–H groups in total.